The molecule has 8 heteroatoms. The summed E-state index contributed by atoms with van der Waals surface area (Å²) in [6, 6.07) is 6.16. The highest BCUT2D eigenvalue weighted by molar-refractivity contribution is 7.89. The van der Waals surface area contributed by atoms with E-state index >= 15 is 0 Å². The number of rotatable bonds is 3. The molecule has 1 aliphatic heterocycles. The summed E-state index contributed by atoms with van der Waals surface area (Å²) >= 11 is 0. The van der Waals surface area contributed by atoms with E-state index in [1.54, 1.807) is 0 Å². The van der Waals surface area contributed by atoms with Crippen LogP contribution in [-0.4, -0.2) is 41.4 Å². The van der Waals surface area contributed by atoms with Crippen LogP contribution in [-0.2, 0) is 14.8 Å². The van der Waals surface area contributed by atoms with Crippen molar-refractivity contribution in [3.8, 4) is 0 Å². The van der Waals surface area contributed by atoms with E-state index in [9.17, 15) is 18.0 Å². The molecule has 0 amide bonds. The smallest absolute Gasteiger partial charge is 0.322 e. The van der Waals surface area contributed by atoms with Gasteiger partial charge in [-0.15, -0.1) is 0 Å². The van der Waals surface area contributed by atoms with Gasteiger partial charge in [-0.1, -0.05) is 0 Å². The highest BCUT2D eigenvalue weighted by atomic mass is 32.2. The first kappa shape index (κ1) is 14.7. The summed E-state index contributed by atoms with van der Waals surface area (Å²) in [5.74, 6) is -1.13. The van der Waals surface area contributed by atoms with Crippen LogP contribution in [0.4, 0.5) is 0 Å². The summed E-state index contributed by atoms with van der Waals surface area (Å²) in [6.07, 6.45) is 0.840. The summed E-state index contributed by atoms with van der Waals surface area (Å²) in [5, 5.41) is 9.73. The fraction of sp³-hybridized carbons (Fsp3) is 0.286. The minimum Gasteiger partial charge on any atom is -0.480 e. The number of aromatic amines is 1. The fourth-order valence-electron chi connectivity index (χ4n) is 2.70. The molecule has 0 saturated carbocycles. The molecule has 0 spiro atoms. The van der Waals surface area contributed by atoms with E-state index in [1.165, 1.54) is 30.3 Å². The lowest BCUT2D eigenvalue weighted by Crippen LogP contribution is -2.40. The molecule has 1 atom stereocenters. The number of fused-ring (bicyclic) bond motifs is 1. The number of nitrogens with one attached hydrogen (secondary N) is 1. The van der Waals surface area contributed by atoms with Crippen LogP contribution in [0.3, 0.4) is 0 Å². The summed E-state index contributed by atoms with van der Waals surface area (Å²) in [6.45, 7) is 0.197. The lowest BCUT2D eigenvalue weighted by molar-refractivity contribution is -0.140. The van der Waals surface area contributed by atoms with Gasteiger partial charge in [-0.2, -0.15) is 4.31 Å². The molecule has 1 fully saturated rings. The number of hydrogen-bond donors (Lipinski definition) is 2. The standard InChI is InChI=1S/C14H14N2O5S/c17-13-6-3-9-8-10(4-5-11(9)15-13)22(20,21)16-7-1-2-12(16)14(18)19/h3-6,8,12H,1-2,7H2,(H,15,17)(H,18,19)/t12-/m1/s1. The third-order valence-electron chi connectivity index (χ3n) is 3.79. The number of carboxylic acid groups (broad SMARTS) is 1. The zero-order valence-corrected chi connectivity index (χ0v) is 12.3. The third-order valence-corrected chi connectivity index (χ3v) is 5.69. The molecule has 7 nitrogen and oxygen atoms in total. The average Bonchev–Trinajstić information content (AvgIpc) is 2.97. The lowest BCUT2D eigenvalue weighted by atomic mass is 10.2. The predicted molar refractivity (Wildman–Crippen MR) is 79.1 cm³/mol. The van der Waals surface area contributed by atoms with Gasteiger partial charge < -0.3 is 10.1 Å². The normalized spacial score (nSPS) is 19.5. The molecule has 3 rings (SSSR count). The van der Waals surface area contributed by atoms with Crippen LogP contribution in [0, 0.1) is 0 Å². The number of pyridine rings is 1. The van der Waals surface area contributed by atoms with Crippen LogP contribution < -0.4 is 5.56 Å². The SMILES string of the molecule is O=C(O)[C@H]1CCCN1S(=O)(=O)c1ccc2[nH]c(=O)ccc2c1. The molecular weight excluding hydrogens is 308 g/mol. The second kappa shape index (κ2) is 5.22. The maximum atomic E-state index is 12.7. The predicted octanol–water partition coefficient (Wildman–Crippen LogP) is 0.766. The van der Waals surface area contributed by atoms with Crippen molar-refractivity contribution < 1.29 is 18.3 Å². The van der Waals surface area contributed by atoms with Gasteiger partial charge >= 0.3 is 5.97 Å². The van der Waals surface area contributed by atoms with Gasteiger partial charge in [0.2, 0.25) is 15.6 Å². The number of aromatic nitrogens is 1. The minimum atomic E-state index is -3.87. The Balaban J connectivity index is 2.07. The van der Waals surface area contributed by atoms with Crippen molar-refractivity contribution in [1.29, 1.82) is 0 Å². The Morgan fingerprint density at radius 1 is 1.27 bits per heavy atom. The molecule has 1 aliphatic rings. The first-order valence-corrected chi connectivity index (χ1v) is 8.21. The van der Waals surface area contributed by atoms with Crippen LogP contribution in [0.2, 0.25) is 0 Å². The zero-order chi connectivity index (χ0) is 15.9. The molecule has 0 aliphatic carbocycles. The monoisotopic (exact) mass is 322 g/mol. The van der Waals surface area contributed by atoms with Crippen molar-refractivity contribution in [2.24, 2.45) is 0 Å². The van der Waals surface area contributed by atoms with Gasteiger partial charge in [-0.05, 0) is 42.5 Å². The lowest BCUT2D eigenvalue weighted by Gasteiger charge is -2.21. The third kappa shape index (κ3) is 2.40. The number of H-pyrrole nitrogens is 1. The van der Waals surface area contributed by atoms with Crippen LogP contribution in [0.5, 0.6) is 0 Å². The minimum absolute atomic E-state index is 0.0280. The molecule has 1 saturated heterocycles. The van der Waals surface area contributed by atoms with Gasteiger partial charge in [0.25, 0.3) is 0 Å². The zero-order valence-electron chi connectivity index (χ0n) is 11.5. The summed E-state index contributed by atoms with van der Waals surface area (Å²) < 4.78 is 26.3. The molecule has 2 N–H and O–H groups in total. The Morgan fingerprint density at radius 2 is 2.05 bits per heavy atom. The Hall–Kier alpha value is -2.19. The van der Waals surface area contributed by atoms with Crippen molar-refractivity contribution in [3.63, 3.8) is 0 Å². The number of aliphatic carboxylic acids is 1. The molecule has 1 aromatic heterocycles. The molecule has 0 radical (unpaired) electrons. The Labute approximate surface area is 126 Å². The molecular formula is C14H14N2O5S. The van der Waals surface area contributed by atoms with Crippen molar-refractivity contribution in [2.75, 3.05) is 6.54 Å². The number of nitrogens with zero attached hydrogens (tertiary/aromatic N) is 1. The van der Waals surface area contributed by atoms with Crippen molar-refractivity contribution >= 4 is 26.9 Å². The fourth-order valence-corrected chi connectivity index (χ4v) is 4.39. The van der Waals surface area contributed by atoms with Gasteiger partial charge in [-0.3, -0.25) is 9.59 Å². The molecule has 0 unspecified atom stereocenters. The molecule has 1 aromatic carbocycles. The van der Waals surface area contributed by atoms with E-state index in [1.807, 2.05) is 0 Å². The first-order chi connectivity index (χ1) is 10.4. The largest absolute Gasteiger partial charge is 0.480 e. The number of sulfonamides is 1. The van der Waals surface area contributed by atoms with Crippen LogP contribution in [0.1, 0.15) is 12.8 Å². The Kier molecular flexibility index (Phi) is 3.50. The van der Waals surface area contributed by atoms with Gasteiger partial charge in [-0.25, -0.2) is 8.42 Å². The van der Waals surface area contributed by atoms with Gasteiger partial charge in [0.1, 0.15) is 6.04 Å². The van der Waals surface area contributed by atoms with Gasteiger partial charge in [0, 0.05) is 18.1 Å². The molecule has 2 heterocycles. The van der Waals surface area contributed by atoms with E-state index in [0.29, 0.717) is 23.7 Å². The van der Waals surface area contributed by atoms with Crippen LogP contribution in [0.15, 0.2) is 40.0 Å². The number of benzene rings is 1. The van der Waals surface area contributed by atoms with Gasteiger partial charge in [0.05, 0.1) is 4.90 Å². The Bertz CT molecular complexity index is 903. The first-order valence-electron chi connectivity index (χ1n) is 6.77. The number of carbonyl (C=O) groups is 1. The van der Waals surface area contributed by atoms with Crippen molar-refractivity contribution in [1.82, 2.24) is 9.29 Å². The number of hydrogen-bond acceptors (Lipinski definition) is 4. The molecule has 22 heavy (non-hydrogen) atoms. The Morgan fingerprint density at radius 3 is 2.77 bits per heavy atom. The molecule has 116 valence electrons. The summed E-state index contributed by atoms with van der Waals surface area (Å²) in [7, 11) is -3.87. The van der Waals surface area contributed by atoms with E-state index in [-0.39, 0.29) is 17.0 Å². The molecule has 2 aromatic rings. The molecule has 0 bridgehead atoms. The van der Waals surface area contributed by atoms with Crippen molar-refractivity contribution in [3.05, 3.63) is 40.7 Å². The highest BCUT2D eigenvalue weighted by Crippen LogP contribution is 2.27. The van der Waals surface area contributed by atoms with E-state index in [2.05, 4.69) is 4.98 Å². The highest BCUT2D eigenvalue weighted by Gasteiger charge is 2.39. The van der Waals surface area contributed by atoms with E-state index < -0.39 is 22.0 Å². The average molecular weight is 322 g/mol. The summed E-state index contributed by atoms with van der Waals surface area (Å²) in [4.78, 5) is 25.1. The maximum Gasteiger partial charge on any atom is 0.322 e. The maximum absolute atomic E-state index is 12.7. The van der Waals surface area contributed by atoms with Crippen LogP contribution in [0.25, 0.3) is 10.9 Å². The quantitative estimate of drug-likeness (QED) is 0.867. The van der Waals surface area contributed by atoms with Gasteiger partial charge in [0.15, 0.2) is 0 Å². The van der Waals surface area contributed by atoms with Crippen molar-refractivity contribution in [2.45, 2.75) is 23.8 Å². The number of carboxylic acids is 1. The topological polar surface area (TPSA) is 108 Å². The van der Waals surface area contributed by atoms with E-state index in [4.69, 9.17) is 5.11 Å². The second-order valence-electron chi connectivity index (χ2n) is 5.18. The second-order valence-corrected chi connectivity index (χ2v) is 7.07. The summed E-state index contributed by atoms with van der Waals surface area (Å²) in [5.41, 5.74) is 0.260. The van der Waals surface area contributed by atoms with E-state index in [0.717, 1.165) is 4.31 Å². The van der Waals surface area contributed by atoms with Crippen LogP contribution >= 0.6 is 0 Å².